The third-order valence-corrected chi connectivity index (χ3v) is 4.91. The van der Waals surface area contributed by atoms with Crippen molar-refractivity contribution < 1.29 is 9.13 Å². The second-order valence-electron chi connectivity index (χ2n) is 5.49. The lowest BCUT2D eigenvalue weighted by Crippen LogP contribution is -2.28. The normalized spacial score (nSPS) is 18.8. The molecule has 1 aliphatic heterocycles. The molecule has 3 rings (SSSR count). The van der Waals surface area contributed by atoms with Gasteiger partial charge in [-0.2, -0.15) is 0 Å². The van der Waals surface area contributed by atoms with E-state index in [4.69, 9.17) is 4.74 Å². The first-order valence-electron chi connectivity index (χ1n) is 7.44. The molecule has 1 aromatic carbocycles. The van der Waals surface area contributed by atoms with E-state index in [9.17, 15) is 4.39 Å². The smallest absolute Gasteiger partial charge is 0.123 e. The number of nitrogens with one attached hydrogen (secondary N) is 1. The van der Waals surface area contributed by atoms with Crippen molar-refractivity contribution in [2.24, 2.45) is 5.92 Å². The van der Waals surface area contributed by atoms with Crippen molar-refractivity contribution in [1.82, 2.24) is 5.32 Å². The third-order valence-electron chi connectivity index (χ3n) is 3.78. The van der Waals surface area contributed by atoms with Gasteiger partial charge in [-0.3, -0.25) is 0 Å². The summed E-state index contributed by atoms with van der Waals surface area (Å²) in [4.78, 5) is 2.50. The first kappa shape index (κ1) is 14.7. The summed E-state index contributed by atoms with van der Waals surface area (Å²) >= 11 is 1.76. The van der Waals surface area contributed by atoms with Crippen LogP contribution >= 0.6 is 11.3 Å². The average Bonchev–Trinajstić information content (AvgIpc) is 2.98. The van der Waals surface area contributed by atoms with E-state index in [-0.39, 0.29) is 5.82 Å². The quantitative estimate of drug-likeness (QED) is 0.899. The molecule has 4 heteroatoms. The van der Waals surface area contributed by atoms with Crippen molar-refractivity contribution in [3.63, 3.8) is 0 Å². The van der Waals surface area contributed by atoms with Crippen molar-refractivity contribution in [1.29, 1.82) is 0 Å². The van der Waals surface area contributed by atoms with Crippen molar-refractivity contribution in [3.8, 4) is 10.4 Å². The van der Waals surface area contributed by atoms with E-state index in [1.165, 1.54) is 34.7 Å². The van der Waals surface area contributed by atoms with E-state index in [2.05, 4.69) is 17.4 Å². The number of hydrogen-bond acceptors (Lipinski definition) is 3. The molecule has 21 heavy (non-hydrogen) atoms. The van der Waals surface area contributed by atoms with Gasteiger partial charge in [-0.25, -0.2) is 4.39 Å². The SMILES string of the molecule is Fc1ccc(-c2ccc(CNCC3CCCOC3)s2)cc1. The highest BCUT2D eigenvalue weighted by Crippen LogP contribution is 2.28. The summed E-state index contributed by atoms with van der Waals surface area (Å²) in [6.45, 7) is 3.72. The first-order chi connectivity index (χ1) is 10.3. The molecular formula is C17H20FNOS. The molecular weight excluding hydrogens is 285 g/mol. The summed E-state index contributed by atoms with van der Waals surface area (Å²) in [7, 11) is 0. The number of rotatable bonds is 5. The Kier molecular flexibility index (Phi) is 5.01. The Morgan fingerprint density at radius 1 is 1.19 bits per heavy atom. The van der Waals surface area contributed by atoms with Gasteiger partial charge in [0.2, 0.25) is 0 Å². The monoisotopic (exact) mass is 305 g/mol. The van der Waals surface area contributed by atoms with E-state index in [0.717, 1.165) is 31.9 Å². The molecule has 0 amide bonds. The molecule has 1 aliphatic rings. The molecule has 0 radical (unpaired) electrons. The van der Waals surface area contributed by atoms with E-state index in [0.29, 0.717) is 5.92 Å². The van der Waals surface area contributed by atoms with Gasteiger partial charge in [0.1, 0.15) is 5.82 Å². The largest absolute Gasteiger partial charge is 0.381 e. The molecule has 1 atom stereocenters. The second kappa shape index (κ2) is 7.16. The molecule has 0 aliphatic carbocycles. The van der Waals surface area contributed by atoms with Crippen molar-refractivity contribution in [2.45, 2.75) is 19.4 Å². The van der Waals surface area contributed by atoms with Gasteiger partial charge in [0.25, 0.3) is 0 Å². The van der Waals surface area contributed by atoms with Gasteiger partial charge in [-0.15, -0.1) is 11.3 Å². The first-order valence-corrected chi connectivity index (χ1v) is 8.26. The van der Waals surface area contributed by atoms with Crippen molar-refractivity contribution in [3.05, 3.63) is 47.1 Å². The lowest BCUT2D eigenvalue weighted by molar-refractivity contribution is 0.0548. The van der Waals surface area contributed by atoms with Crippen LogP contribution < -0.4 is 5.32 Å². The zero-order chi connectivity index (χ0) is 14.5. The summed E-state index contributed by atoms with van der Waals surface area (Å²) < 4.78 is 18.4. The van der Waals surface area contributed by atoms with Gasteiger partial charge in [-0.1, -0.05) is 12.1 Å². The predicted molar refractivity (Wildman–Crippen MR) is 85.0 cm³/mol. The van der Waals surface area contributed by atoms with Crippen LogP contribution in [0, 0.1) is 11.7 Å². The average molecular weight is 305 g/mol. The molecule has 1 fully saturated rings. The van der Waals surface area contributed by atoms with Crippen LogP contribution in [0.25, 0.3) is 10.4 Å². The second-order valence-corrected chi connectivity index (χ2v) is 6.66. The number of ether oxygens (including phenoxy) is 1. The fourth-order valence-corrected chi connectivity index (χ4v) is 3.59. The highest BCUT2D eigenvalue weighted by molar-refractivity contribution is 7.15. The lowest BCUT2D eigenvalue weighted by Gasteiger charge is -2.22. The van der Waals surface area contributed by atoms with Gasteiger partial charge in [0, 0.05) is 29.5 Å². The summed E-state index contributed by atoms with van der Waals surface area (Å²) in [5.41, 5.74) is 1.08. The molecule has 1 aromatic heterocycles. The Hall–Kier alpha value is -1.23. The minimum atomic E-state index is -0.188. The highest BCUT2D eigenvalue weighted by Gasteiger charge is 2.13. The number of halogens is 1. The zero-order valence-corrected chi connectivity index (χ0v) is 12.8. The van der Waals surface area contributed by atoms with Crippen LogP contribution in [0.1, 0.15) is 17.7 Å². The van der Waals surface area contributed by atoms with E-state index in [1.807, 2.05) is 12.1 Å². The van der Waals surface area contributed by atoms with Crippen molar-refractivity contribution in [2.75, 3.05) is 19.8 Å². The zero-order valence-electron chi connectivity index (χ0n) is 12.0. The van der Waals surface area contributed by atoms with Gasteiger partial charge >= 0.3 is 0 Å². The van der Waals surface area contributed by atoms with E-state index in [1.54, 1.807) is 11.3 Å². The fraction of sp³-hybridized carbons (Fsp3) is 0.412. The van der Waals surface area contributed by atoms with Gasteiger partial charge < -0.3 is 10.1 Å². The van der Waals surface area contributed by atoms with E-state index < -0.39 is 0 Å². The third kappa shape index (κ3) is 4.13. The summed E-state index contributed by atoms with van der Waals surface area (Å²) in [5, 5.41) is 3.52. The predicted octanol–water partition coefficient (Wildman–Crippen LogP) is 4.07. The highest BCUT2D eigenvalue weighted by atomic mass is 32.1. The van der Waals surface area contributed by atoms with Crippen LogP contribution in [0.4, 0.5) is 4.39 Å². The van der Waals surface area contributed by atoms with Crippen LogP contribution in [-0.4, -0.2) is 19.8 Å². The van der Waals surface area contributed by atoms with E-state index >= 15 is 0 Å². The number of benzene rings is 1. The van der Waals surface area contributed by atoms with Crippen LogP contribution in [0.2, 0.25) is 0 Å². The summed E-state index contributed by atoms with van der Waals surface area (Å²) in [6, 6.07) is 10.9. The molecule has 0 bridgehead atoms. The van der Waals surface area contributed by atoms with Gasteiger partial charge in [-0.05, 0) is 48.6 Å². The van der Waals surface area contributed by atoms with Crippen LogP contribution in [0.3, 0.4) is 0 Å². The van der Waals surface area contributed by atoms with Gasteiger partial charge in [0.15, 0.2) is 0 Å². The minimum absolute atomic E-state index is 0.188. The minimum Gasteiger partial charge on any atom is -0.381 e. The van der Waals surface area contributed by atoms with Crippen LogP contribution in [-0.2, 0) is 11.3 Å². The van der Waals surface area contributed by atoms with Crippen LogP contribution in [0.5, 0.6) is 0 Å². The Balaban J connectivity index is 1.51. The Labute approximate surface area is 129 Å². The standard InChI is InChI=1S/C17H20FNOS/c18-15-5-3-14(4-6-15)17-8-7-16(21-17)11-19-10-13-2-1-9-20-12-13/h3-8,13,19H,1-2,9-12H2. The summed E-state index contributed by atoms with van der Waals surface area (Å²) in [5.74, 6) is 0.460. The molecule has 1 unspecified atom stereocenters. The maximum Gasteiger partial charge on any atom is 0.123 e. The fourth-order valence-electron chi connectivity index (χ4n) is 2.61. The van der Waals surface area contributed by atoms with Gasteiger partial charge in [0.05, 0.1) is 6.61 Å². The molecule has 112 valence electrons. The summed E-state index contributed by atoms with van der Waals surface area (Å²) in [6.07, 6.45) is 2.44. The molecule has 2 nitrogen and oxygen atoms in total. The molecule has 2 aromatic rings. The lowest BCUT2D eigenvalue weighted by atomic mass is 10.0. The molecule has 0 spiro atoms. The molecule has 0 saturated carbocycles. The maximum absolute atomic E-state index is 12.9. The number of thiophene rings is 1. The number of hydrogen-bond donors (Lipinski definition) is 1. The van der Waals surface area contributed by atoms with Crippen LogP contribution in [0.15, 0.2) is 36.4 Å². The Morgan fingerprint density at radius 3 is 2.81 bits per heavy atom. The Morgan fingerprint density at radius 2 is 2.05 bits per heavy atom. The topological polar surface area (TPSA) is 21.3 Å². The molecule has 2 heterocycles. The Bertz CT molecular complexity index is 560. The molecule has 1 saturated heterocycles. The maximum atomic E-state index is 12.9. The van der Waals surface area contributed by atoms with Crippen molar-refractivity contribution >= 4 is 11.3 Å². The molecule has 1 N–H and O–H groups in total.